The van der Waals surface area contributed by atoms with E-state index in [9.17, 15) is 33.6 Å². The zero-order chi connectivity index (χ0) is 40.8. The molecule has 0 aromatic heterocycles. The van der Waals surface area contributed by atoms with Crippen LogP contribution >= 0.6 is 0 Å². The van der Waals surface area contributed by atoms with Crippen molar-refractivity contribution in [2.45, 2.75) is 129 Å². The van der Waals surface area contributed by atoms with E-state index in [4.69, 9.17) is 14.2 Å². The number of rotatable bonds is 14. The van der Waals surface area contributed by atoms with Crippen LogP contribution in [0, 0.1) is 5.41 Å². The fraction of sp³-hybridized carbons (Fsp3) is 0.658. The van der Waals surface area contributed by atoms with Crippen molar-refractivity contribution in [3.8, 4) is 0 Å². The summed E-state index contributed by atoms with van der Waals surface area (Å²) in [7, 11) is 3.10. The Bertz CT molecular complexity index is 1550. The van der Waals surface area contributed by atoms with Gasteiger partial charge in [-0.15, -0.1) is 0 Å². The van der Waals surface area contributed by atoms with Crippen LogP contribution in [0.5, 0.6) is 0 Å². The average Bonchev–Trinajstić information content (AvgIpc) is 3.56. The molecular weight excluding hydrogens is 700 g/mol. The maximum absolute atomic E-state index is 14.3. The van der Waals surface area contributed by atoms with Gasteiger partial charge in [-0.2, -0.15) is 0 Å². The Morgan fingerprint density at radius 3 is 2.13 bits per heavy atom. The van der Waals surface area contributed by atoms with Crippen molar-refractivity contribution in [1.82, 2.24) is 31.1 Å². The van der Waals surface area contributed by atoms with Gasteiger partial charge in [-0.05, 0) is 52.0 Å². The molecule has 1 aromatic rings. The molecule has 2 aliphatic rings. The number of benzene rings is 1. The number of hydrogen-bond acceptors (Lipinski definition) is 10. The Hall–Kier alpha value is -4.57. The van der Waals surface area contributed by atoms with Crippen molar-refractivity contribution < 1.29 is 47.8 Å². The molecule has 6 amide bonds. The smallest absolute Gasteiger partial charge is 0.408 e. The minimum atomic E-state index is -1.31. The number of ketones is 1. The lowest BCUT2D eigenvalue weighted by atomic mass is 9.85. The van der Waals surface area contributed by atoms with Crippen LogP contribution in [0.3, 0.4) is 0 Å². The summed E-state index contributed by atoms with van der Waals surface area (Å²) in [5.41, 5.74) is -1.12. The second-order valence-electron chi connectivity index (χ2n) is 16.4. The molecule has 6 atom stereocenters. The normalized spacial score (nSPS) is 20.8. The summed E-state index contributed by atoms with van der Waals surface area (Å²) in [6.07, 6.45) is -1.24. The summed E-state index contributed by atoms with van der Waals surface area (Å²) in [6.45, 7) is 14.9. The maximum atomic E-state index is 14.3. The van der Waals surface area contributed by atoms with Gasteiger partial charge in [-0.1, -0.05) is 70.9 Å². The largest absolute Gasteiger partial charge is 0.444 e. The van der Waals surface area contributed by atoms with Crippen molar-refractivity contribution in [3.05, 3.63) is 35.9 Å². The zero-order valence-electron chi connectivity index (χ0n) is 33.4. The lowest BCUT2D eigenvalue weighted by molar-refractivity contribution is -0.171. The molecule has 0 bridgehead atoms. The maximum Gasteiger partial charge on any atom is 0.408 e. The van der Waals surface area contributed by atoms with Gasteiger partial charge in [-0.3, -0.25) is 28.8 Å². The molecular formula is C38H58N6O10. The summed E-state index contributed by atoms with van der Waals surface area (Å²) in [5.74, 6) is -5.63. The molecule has 300 valence electrons. The average molecular weight is 759 g/mol. The number of carbonyl (C=O) groups excluding carboxylic acids is 7. The predicted molar refractivity (Wildman–Crippen MR) is 197 cm³/mol. The lowest BCUT2D eigenvalue weighted by Crippen LogP contribution is -2.61. The Balaban J connectivity index is 1.80. The minimum Gasteiger partial charge on any atom is -0.444 e. The van der Waals surface area contributed by atoms with E-state index in [2.05, 4.69) is 21.3 Å². The number of likely N-dealkylation sites (N-methyl/N-ethyl adjacent to an activating group) is 1. The summed E-state index contributed by atoms with van der Waals surface area (Å²) >= 11 is 0. The van der Waals surface area contributed by atoms with E-state index in [0.29, 0.717) is 18.4 Å². The second kappa shape index (κ2) is 17.7. The van der Waals surface area contributed by atoms with Crippen LogP contribution in [0.15, 0.2) is 30.3 Å². The third-order valence-electron chi connectivity index (χ3n) is 8.81. The molecule has 2 aliphatic heterocycles. The number of amides is 6. The van der Waals surface area contributed by atoms with Crippen LogP contribution in [0.25, 0.3) is 0 Å². The summed E-state index contributed by atoms with van der Waals surface area (Å²) in [5, 5.41) is 10.3. The number of alkyl carbamates (subject to hydrolysis) is 1. The first-order valence-electron chi connectivity index (χ1n) is 18.3. The highest BCUT2D eigenvalue weighted by Gasteiger charge is 2.58. The van der Waals surface area contributed by atoms with Gasteiger partial charge >= 0.3 is 6.09 Å². The lowest BCUT2D eigenvalue weighted by Gasteiger charge is -2.37. The van der Waals surface area contributed by atoms with E-state index in [0.717, 1.165) is 0 Å². The third kappa shape index (κ3) is 11.7. The molecule has 1 unspecified atom stereocenters. The highest BCUT2D eigenvalue weighted by molar-refractivity contribution is 6.38. The number of nitrogens with one attached hydrogen (secondary N) is 4. The summed E-state index contributed by atoms with van der Waals surface area (Å²) in [6, 6.07) is 3.83. The molecule has 16 heteroatoms. The molecule has 3 rings (SSSR count). The van der Waals surface area contributed by atoms with E-state index in [1.54, 1.807) is 99.8 Å². The Morgan fingerprint density at radius 2 is 1.57 bits per heavy atom. The van der Waals surface area contributed by atoms with Gasteiger partial charge in [0.2, 0.25) is 29.4 Å². The molecule has 2 saturated heterocycles. The van der Waals surface area contributed by atoms with Crippen molar-refractivity contribution in [3.63, 3.8) is 0 Å². The van der Waals surface area contributed by atoms with Crippen LogP contribution in [0.4, 0.5) is 4.79 Å². The van der Waals surface area contributed by atoms with Crippen molar-refractivity contribution >= 4 is 41.4 Å². The first-order valence-corrected chi connectivity index (χ1v) is 18.3. The molecule has 54 heavy (non-hydrogen) atoms. The van der Waals surface area contributed by atoms with Gasteiger partial charge in [0.05, 0.1) is 19.1 Å². The van der Waals surface area contributed by atoms with E-state index in [1.165, 1.54) is 9.80 Å². The van der Waals surface area contributed by atoms with Gasteiger partial charge in [0, 0.05) is 14.1 Å². The number of fused-ring (bicyclic) bond motifs is 1. The molecule has 2 fully saturated rings. The molecule has 1 aromatic carbocycles. The zero-order valence-corrected chi connectivity index (χ0v) is 33.4. The first-order chi connectivity index (χ1) is 25.0. The van der Waals surface area contributed by atoms with Crippen LogP contribution < -0.4 is 21.3 Å². The number of nitrogens with zero attached hydrogens (tertiary/aromatic N) is 2. The quantitative estimate of drug-likeness (QED) is 0.203. The predicted octanol–water partition coefficient (Wildman–Crippen LogP) is 1.96. The van der Waals surface area contributed by atoms with Crippen molar-refractivity contribution in [1.29, 1.82) is 0 Å². The fourth-order valence-electron chi connectivity index (χ4n) is 6.26. The van der Waals surface area contributed by atoms with E-state index < -0.39 is 101 Å². The molecule has 0 spiro atoms. The molecule has 0 saturated carbocycles. The minimum absolute atomic E-state index is 0.0446. The third-order valence-corrected chi connectivity index (χ3v) is 8.81. The topological polar surface area (TPSA) is 202 Å². The van der Waals surface area contributed by atoms with Crippen molar-refractivity contribution in [2.75, 3.05) is 27.2 Å². The van der Waals surface area contributed by atoms with Gasteiger partial charge in [0.15, 0.2) is 5.79 Å². The standard InChI is InChI=1S/C38H58N6O10/c1-12-13-19-23(28(46)32(48)39-20-25(45)41-26(33(49)43(10)11)22-17-15-14-16-18-22)40-31(47)27-29-24(52-38(8,9)53-29)21-44(27)34(50)30(36(2,3)4)42-35(51)54-37(5,6)7/h14-18,23-24,26-27,29-30H,12-13,19-21H2,1-11H3,(H,39,48)(H,40,47)(H,41,45)(H,42,51)/t23-,24+,26?,27+,29+,30-/m1/s1. The highest BCUT2D eigenvalue weighted by Crippen LogP contribution is 2.38. The number of carbonyl (C=O) groups is 7. The van der Waals surface area contributed by atoms with Gasteiger partial charge in [0.1, 0.15) is 35.9 Å². The van der Waals surface area contributed by atoms with Crippen LogP contribution in [0.2, 0.25) is 0 Å². The molecule has 16 nitrogen and oxygen atoms in total. The number of likely N-dealkylation sites (tertiary alicyclic amines) is 1. The highest BCUT2D eigenvalue weighted by atomic mass is 16.8. The number of Topliss-reactive ketones (excluding diaryl/α,β-unsaturated/α-hetero) is 1. The molecule has 0 radical (unpaired) electrons. The van der Waals surface area contributed by atoms with Gasteiger partial charge in [-0.25, -0.2) is 4.79 Å². The number of unbranched alkanes of at least 4 members (excludes halogenated alkanes) is 1. The van der Waals surface area contributed by atoms with E-state index >= 15 is 0 Å². The van der Waals surface area contributed by atoms with Gasteiger partial charge in [0.25, 0.3) is 5.91 Å². The monoisotopic (exact) mass is 758 g/mol. The number of ether oxygens (including phenoxy) is 3. The molecule has 4 N–H and O–H groups in total. The van der Waals surface area contributed by atoms with E-state index in [-0.39, 0.29) is 13.0 Å². The Labute approximate surface area is 317 Å². The second-order valence-corrected chi connectivity index (χ2v) is 16.4. The fourth-order valence-corrected chi connectivity index (χ4v) is 6.26. The molecule has 2 heterocycles. The number of hydrogen-bond donors (Lipinski definition) is 4. The van der Waals surface area contributed by atoms with Crippen LogP contribution in [0.1, 0.15) is 93.2 Å². The summed E-state index contributed by atoms with van der Waals surface area (Å²) in [4.78, 5) is 96.4. The van der Waals surface area contributed by atoms with E-state index in [1.807, 2.05) is 6.92 Å². The summed E-state index contributed by atoms with van der Waals surface area (Å²) < 4.78 is 17.6. The van der Waals surface area contributed by atoms with Crippen molar-refractivity contribution in [2.24, 2.45) is 5.41 Å². The SMILES string of the molecule is CCCC[C@@H](NC(=O)[C@@H]1[C@H]2OC(C)(C)O[C@H]2CN1C(=O)[C@@H](NC(=O)OC(C)(C)C)C(C)(C)C)C(=O)C(=O)NCC(=O)NC(C(=O)N(C)C)c1ccccc1. The first kappa shape index (κ1) is 43.8. The van der Waals surface area contributed by atoms with Gasteiger partial charge < -0.3 is 45.3 Å². The van der Waals surface area contributed by atoms with Crippen LogP contribution in [-0.4, -0.2) is 120 Å². The Morgan fingerprint density at radius 1 is 0.944 bits per heavy atom. The van der Waals surface area contributed by atoms with Crippen LogP contribution in [-0.2, 0) is 43.0 Å². The molecule has 0 aliphatic carbocycles. The Kier molecular flexibility index (Phi) is 14.4.